The van der Waals surface area contributed by atoms with E-state index in [0.29, 0.717) is 39.6 Å². The Morgan fingerprint density at radius 3 is 2.24 bits per heavy atom. The van der Waals surface area contributed by atoms with Gasteiger partial charge in [0, 0.05) is 52.1 Å². The van der Waals surface area contributed by atoms with Crippen molar-refractivity contribution in [3.8, 4) is 6.07 Å². The molecule has 0 unspecified atom stereocenters. The molecule has 1 saturated heterocycles. The first-order valence-corrected chi connectivity index (χ1v) is 13.8. The summed E-state index contributed by atoms with van der Waals surface area (Å²) in [6, 6.07) is 13.1. The summed E-state index contributed by atoms with van der Waals surface area (Å²) in [5.41, 5.74) is 0.684. The topological polar surface area (TPSA) is 64.4 Å². The third-order valence-electron chi connectivity index (χ3n) is 6.09. The van der Waals surface area contributed by atoms with E-state index in [2.05, 4.69) is 11.0 Å². The Bertz CT molecular complexity index is 1100. The Labute approximate surface area is 216 Å². The molecule has 2 aromatic carbocycles. The lowest BCUT2D eigenvalue weighted by molar-refractivity contribution is 0.139. The van der Waals surface area contributed by atoms with Crippen LogP contribution in [-0.2, 0) is 16.4 Å². The van der Waals surface area contributed by atoms with Gasteiger partial charge in [0.1, 0.15) is 0 Å². The minimum atomic E-state index is -3.71. The number of halogens is 3. The molecule has 1 aliphatic carbocycles. The van der Waals surface area contributed by atoms with E-state index >= 15 is 0 Å². The van der Waals surface area contributed by atoms with Crippen LogP contribution in [0.2, 0.25) is 10.0 Å². The van der Waals surface area contributed by atoms with Crippen molar-refractivity contribution in [3.05, 3.63) is 52.0 Å². The minimum absolute atomic E-state index is 0. The van der Waals surface area contributed by atoms with Crippen molar-refractivity contribution < 1.29 is 8.42 Å². The van der Waals surface area contributed by atoms with Crippen LogP contribution in [0.5, 0.6) is 0 Å². The average molecular weight is 547 g/mol. The maximum atomic E-state index is 13.7. The second-order valence-corrected chi connectivity index (χ2v) is 12.1. The SMILES string of the molecule is Cl.N#CCc1ccc(Sc2cc(Cl)cc(Cl)c2)c(S(=O)(=O)N2CCN(C3CCCC3)CC2)c1. The fourth-order valence-electron chi connectivity index (χ4n) is 4.47. The number of sulfonamides is 1. The molecule has 5 nitrogen and oxygen atoms in total. The zero-order chi connectivity index (χ0) is 22.7. The van der Waals surface area contributed by atoms with Crippen molar-refractivity contribution in [1.82, 2.24) is 9.21 Å². The number of rotatable bonds is 6. The summed E-state index contributed by atoms with van der Waals surface area (Å²) in [6.07, 6.45) is 5.12. The fourth-order valence-corrected chi connectivity index (χ4v) is 8.03. The van der Waals surface area contributed by atoms with E-state index in [9.17, 15) is 8.42 Å². The van der Waals surface area contributed by atoms with Crippen LogP contribution in [0.25, 0.3) is 0 Å². The van der Waals surface area contributed by atoms with Gasteiger partial charge in [-0.2, -0.15) is 9.57 Å². The van der Waals surface area contributed by atoms with Gasteiger partial charge >= 0.3 is 0 Å². The molecule has 0 radical (unpaired) electrons. The van der Waals surface area contributed by atoms with Crippen molar-refractivity contribution in [2.45, 2.75) is 52.8 Å². The summed E-state index contributed by atoms with van der Waals surface area (Å²) in [5.74, 6) is 0. The van der Waals surface area contributed by atoms with Crippen molar-refractivity contribution in [3.63, 3.8) is 0 Å². The van der Waals surface area contributed by atoms with Gasteiger partial charge in [-0.1, -0.05) is 53.9 Å². The highest BCUT2D eigenvalue weighted by Gasteiger charge is 2.33. The maximum absolute atomic E-state index is 13.7. The van der Waals surface area contributed by atoms with Crippen LogP contribution in [-0.4, -0.2) is 49.8 Å². The Morgan fingerprint density at radius 1 is 1.00 bits per heavy atom. The first kappa shape index (κ1) is 26.6. The second-order valence-electron chi connectivity index (χ2n) is 8.20. The minimum Gasteiger partial charge on any atom is -0.298 e. The number of benzene rings is 2. The van der Waals surface area contributed by atoms with Crippen molar-refractivity contribution >= 4 is 57.4 Å². The van der Waals surface area contributed by atoms with Gasteiger partial charge in [-0.25, -0.2) is 8.42 Å². The predicted molar refractivity (Wildman–Crippen MR) is 136 cm³/mol. The van der Waals surface area contributed by atoms with Gasteiger partial charge in [-0.3, -0.25) is 4.90 Å². The van der Waals surface area contributed by atoms with E-state index in [1.165, 1.54) is 37.4 Å². The summed E-state index contributed by atoms with van der Waals surface area (Å²) in [6.45, 7) is 2.48. The number of nitriles is 1. The smallest absolute Gasteiger partial charge is 0.244 e. The summed E-state index contributed by atoms with van der Waals surface area (Å²) >= 11 is 13.6. The number of hydrogen-bond donors (Lipinski definition) is 0. The highest BCUT2D eigenvalue weighted by molar-refractivity contribution is 8.00. The molecule has 0 aromatic heterocycles. The van der Waals surface area contributed by atoms with Crippen LogP contribution in [0, 0.1) is 11.3 Å². The molecular formula is C23H26Cl3N3O2S2. The van der Waals surface area contributed by atoms with E-state index < -0.39 is 10.0 Å². The average Bonchev–Trinajstić information content (AvgIpc) is 3.29. The Morgan fingerprint density at radius 2 is 1.64 bits per heavy atom. The Balaban J connectivity index is 0.00000306. The fraction of sp³-hybridized carbons (Fsp3) is 0.435. The second kappa shape index (κ2) is 11.6. The zero-order valence-electron chi connectivity index (χ0n) is 18.0. The van der Waals surface area contributed by atoms with E-state index in [1.54, 1.807) is 40.7 Å². The molecule has 1 saturated carbocycles. The van der Waals surface area contributed by atoms with E-state index in [0.717, 1.165) is 18.0 Å². The van der Waals surface area contributed by atoms with Gasteiger partial charge in [-0.15, -0.1) is 12.4 Å². The highest BCUT2D eigenvalue weighted by atomic mass is 35.5. The predicted octanol–water partition coefficient (Wildman–Crippen LogP) is 5.88. The highest BCUT2D eigenvalue weighted by Crippen LogP contribution is 2.37. The molecule has 0 bridgehead atoms. The first-order valence-electron chi connectivity index (χ1n) is 10.7. The van der Waals surface area contributed by atoms with Gasteiger partial charge in [0.15, 0.2) is 0 Å². The zero-order valence-corrected chi connectivity index (χ0v) is 22.0. The van der Waals surface area contributed by atoms with E-state index in [4.69, 9.17) is 28.5 Å². The third-order valence-corrected chi connectivity index (χ3v) is 9.64. The van der Waals surface area contributed by atoms with Crippen LogP contribution in [0.4, 0.5) is 0 Å². The lowest BCUT2D eigenvalue weighted by atomic mass is 10.2. The van der Waals surface area contributed by atoms with Crippen LogP contribution >= 0.6 is 47.4 Å². The number of piperazine rings is 1. The molecule has 0 atom stereocenters. The van der Waals surface area contributed by atoms with Crippen molar-refractivity contribution in [2.75, 3.05) is 26.2 Å². The van der Waals surface area contributed by atoms with Crippen LogP contribution in [0.15, 0.2) is 51.1 Å². The molecule has 0 amide bonds. The molecule has 4 rings (SSSR count). The Kier molecular flexibility index (Phi) is 9.39. The summed E-state index contributed by atoms with van der Waals surface area (Å²) < 4.78 is 28.9. The Hall–Kier alpha value is -0.980. The van der Waals surface area contributed by atoms with Gasteiger partial charge in [0.05, 0.1) is 17.4 Å². The van der Waals surface area contributed by atoms with Crippen LogP contribution in [0.1, 0.15) is 31.2 Å². The van der Waals surface area contributed by atoms with E-state index in [-0.39, 0.29) is 23.7 Å². The monoisotopic (exact) mass is 545 g/mol. The number of hydrogen-bond acceptors (Lipinski definition) is 5. The van der Waals surface area contributed by atoms with Crippen LogP contribution in [0.3, 0.4) is 0 Å². The van der Waals surface area contributed by atoms with Crippen LogP contribution < -0.4 is 0 Å². The maximum Gasteiger partial charge on any atom is 0.244 e. The molecule has 2 fully saturated rings. The third kappa shape index (κ3) is 6.37. The molecule has 1 heterocycles. The van der Waals surface area contributed by atoms with Gasteiger partial charge in [0.2, 0.25) is 10.0 Å². The molecule has 2 aromatic rings. The molecule has 1 aliphatic heterocycles. The molecular weight excluding hydrogens is 521 g/mol. The molecule has 178 valence electrons. The lowest BCUT2D eigenvalue weighted by Crippen LogP contribution is -2.51. The van der Waals surface area contributed by atoms with Gasteiger partial charge in [-0.05, 0) is 48.7 Å². The normalized spacial score (nSPS) is 18.1. The number of nitrogens with zero attached hydrogens (tertiary/aromatic N) is 3. The molecule has 0 spiro atoms. The molecule has 2 aliphatic rings. The summed E-state index contributed by atoms with van der Waals surface area (Å²) in [4.78, 5) is 4.04. The molecule has 0 N–H and O–H groups in total. The molecule has 33 heavy (non-hydrogen) atoms. The first-order chi connectivity index (χ1) is 15.4. The summed E-state index contributed by atoms with van der Waals surface area (Å²) in [5, 5.41) is 10.1. The van der Waals surface area contributed by atoms with Gasteiger partial charge in [0.25, 0.3) is 0 Å². The standard InChI is InChI=1S/C23H25Cl2N3O2S2.ClH/c24-18-14-19(25)16-21(15-18)31-22-6-5-17(7-8-26)13-23(22)32(29,30)28-11-9-27(10-12-28)20-3-1-2-4-20;/h5-6,13-16,20H,1-4,7,9-12H2;1H. The van der Waals surface area contributed by atoms with Gasteiger partial charge < -0.3 is 0 Å². The quantitative estimate of drug-likeness (QED) is 0.453. The summed E-state index contributed by atoms with van der Waals surface area (Å²) in [7, 11) is -3.71. The van der Waals surface area contributed by atoms with Crippen molar-refractivity contribution in [2.24, 2.45) is 0 Å². The lowest BCUT2D eigenvalue weighted by Gasteiger charge is -2.37. The molecule has 10 heteroatoms. The van der Waals surface area contributed by atoms with E-state index in [1.807, 2.05) is 0 Å². The van der Waals surface area contributed by atoms with Crippen molar-refractivity contribution in [1.29, 1.82) is 5.26 Å². The largest absolute Gasteiger partial charge is 0.298 e.